The maximum absolute atomic E-state index is 9.43. The average Bonchev–Trinajstić information content (AvgIpc) is 2.87. The van der Waals surface area contributed by atoms with E-state index in [0.717, 1.165) is 28.4 Å². The lowest BCUT2D eigenvalue weighted by atomic mass is 10.1. The van der Waals surface area contributed by atoms with Crippen LogP contribution in [0.4, 0.5) is 5.82 Å². The minimum Gasteiger partial charge on any atom is -0.394 e. The molecule has 2 heterocycles. The molecule has 20 heavy (non-hydrogen) atoms. The average molecular weight is 294 g/mol. The third kappa shape index (κ3) is 3.08. The summed E-state index contributed by atoms with van der Waals surface area (Å²) in [5, 5.41) is 15.8. The minimum absolute atomic E-state index is 0.102. The zero-order chi connectivity index (χ0) is 14.8. The van der Waals surface area contributed by atoms with Gasteiger partial charge in [0.25, 0.3) is 0 Å². The Bertz CT molecular complexity index is 582. The van der Waals surface area contributed by atoms with Gasteiger partial charge in [-0.05, 0) is 39.3 Å². The summed E-state index contributed by atoms with van der Waals surface area (Å²) in [7, 11) is 1.98. The van der Waals surface area contributed by atoms with Crippen molar-refractivity contribution in [2.24, 2.45) is 0 Å². The Hall–Kier alpha value is -1.24. The highest BCUT2D eigenvalue weighted by atomic mass is 32.1. The lowest BCUT2D eigenvalue weighted by molar-refractivity contribution is 0.0715. The lowest BCUT2D eigenvalue weighted by Crippen LogP contribution is -2.43. The van der Waals surface area contributed by atoms with Crippen LogP contribution in [0.25, 0.3) is 10.2 Å². The largest absolute Gasteiger partial charge is 0.394 e. The summed E-state index contributed by atoms with van der Waals surface area (Å²) >= 11 is 1.62. The van der Waals surface area contributed by atoms with Crippen molar-refractivity contribution in [3.63, 3.8) is 0 Å². The Labute approximate surface area is 123 Å². The second-order valence-corrected chi connectivity index (χ2v) is 6.38. The number of rotatable bonds is 6. The lowest BCUT2D eigenvalue weighted by Gasteiger charge is -2.33. The molecule has 5 nitrogen and oxygen atoms in total. The molecular formula is C14H22N4OS. The summed E-state index contributed by atoms with van der Waals surface area (Å²) in [4.78, 5) is 12.3. The molecular weight excluding hydrogens is 272 g/mol. The number of aliphatic hydroxyl groups excluding tert-OH is 1. The standard InChI is InChI=1S/C14H22N4OS/c1-5-15-12-10-6-7-20-13(10)17-11(16-12)8-18(4)14(2,3)9-19/h6-7,19H,5,8-9H2,1-4H3,(H,15,16,17). The maximum atomic E-state index is 9.43. The van der Waals surface area contributed by atoms with E-state index in [4.69, 9.17) is 0 Å². The van der Waals surface area contributed by atoms with Crippen molar-refractivity contribution in [2.75, 3.05) is 25.5 Å². The molecule has 2 rings (SSSR count). The quantitative estimate of drug-likeness (QED) is 0.856. The molecule has 0 aliphatic rings. The number of anilines is 1. The summed E-state index contributed by atoms with van der Waals surface area (Å²) in [6, 6.07) is 2.04. The van der Waals surface area contributed by atoms with E-state index in [9.17, 15) is 5.11 Å². The Balaban J connectivity index is 2.30. The predicted molar refractivity (Wildman–Crippen MR) is 84.2 cm³/mol. The van der Waals surface area contributed by atoms with E-state index < -0.39 is 0 Å². The second kappa shape index (κ2) is 6.03. The van der Waals surface area contributed by atoms with Gasteiger partial charge in [0.2, 0.25) is 0 Å². The van der Waals surface area contributed by atoms with Crippen molar-refractivity contribution in [3.05, 3.63) is 17.3 Å². The smallest absolute Gasteiger partial charge is 0.146 e. The van der Waals surface area contributed by atoms with Crippen LogP contribution in [0, 0.1) is 0 Å². The van der Waals surface area contributed by atoms with Gasteiger partial charge >= 0.3 is 0 Å². The molecule has 0 aromatic carbocycles. The number of aliphatic hydroxyl groups is 1. The Morgan fingerprint density at radius 1 is 1.40 bits per heavy atom. The third-order valence-electron chi connectivity index (χ3n) is 3.51. The summed E-state index contributed by atoms with van der Waals surface area (Å²) in [5.41, 5.74) is -0.286. The molecule has 0 saturated heterocycles. The number of likely N-dealkylation sites (N-methyl/N-ethyl adjacent to an activating group) is 1. The van der Waals surface area contributed by atoms with Gasteiger partial charge in [-0.3, -0.25) is 4.90 Å². The molecule has 2 N–H and O–H groups in total. The zero-order valence-electron chi connectivity index (χ0n) is 12.5. The molecule has 0 fully saturated rings. The molecule has 0 amide bonds. The molecule has 2 aromatic heterocycles. The number of aromatic nitrogens is 2. The van der Waals surface area contributed by atoms with Crippen LogP contribution in [0.2, 0.25) is 0 Å². The van der Waals surface area contributed by atoms with Crippen LogP contribution < -0.4 is 5.32 Å². The number of nitrogens with zero attached hydrogens (tertiary/aromatic N) is 3. The minimum atomic E-state index is -0.286. The van der Waals surface area contributed by atoms with Gasteiger partial charge in [0.1, 0.15) is 16.5 Å². The first-order valence-electron chi connectivity index (χ1n) is 6.78. The van der Waals surface area contributed by atoms with Crippen molar-refractivity contribution in [3.8, 4) is 0 Å². The molecule has 110 valence electrons. The van der Waals surface area contributed by atoms with E-state index in [0.29, 0.717) is 6.54 Å². The summed E-state index contributed by atoms with van der Waals surface area (Å²) in [6.07, 6.45) is 0. The fourth-order valence-corrected chi connectivity index (χ4v) is 2.60. The highest BCUT2D eigenvalue weighted by molar-refractivity contribution is 7.16. The van der Waals surface area contributed by atoms with Gasteiger partial charge in [-0.25, -0.2) is 9.97 Å². The molecule has 0 bridgehead atoms. The van der Waals surface area contributed by atoms with Gasteiger partial charge in [0.15, 0.2) is 0 Å². The Kier molecular flexibility index (Phi) is 4.57. The molecule has 0 atom stereocenters. The van der Waals surface area contributed by atoms with Gasteiger partial charge in [0.05, 0.1) is 18.5 Å². The summed E-state index contributed by atoms with van der Waals surface area (Å²) < 4.78 is 0. The summed E-state index contributed by atoms with van der Waals surface area (Å²) in [6.45, 7) is 7.61. The van der Waals surface area contributed by atoms with Crippen LogP contribution in [-0.2, 0) is 6.54 Å². The maximum Gasteiger partial charge on any atom is 0.146 e. The molecule has 0 unspecified atom stereocenters. The predicted octanol–water partition coefficient (Wildman–Crippen LogP) is 2.33. The van der Waals surface area contributed by atoms with E-state index in [1.807, 2.05) is 32.3 Å². The molecule has 2 aromatic rings. The summed E-state index contributed by atoms with van der Waals surface area (Å²) in [5.74, 6) is 1.67. The number of hydrogen-bond acceptors (Lipinski definition) is 6. The molecule has 0 saturated carbocycles. The molecule has 0 aliphatic carbocycles. The zero-order valence-corrected chi connectivity index (χ0v) is 13.3. The number of hydrogen-bond donors (Lipinski definition) is 2. The fraction of sp³-hybridized carbons (Fsp3) is 0.571. The van der Waals surface area contributed by atoms with E-state index in [1.165, 1.54) is 0 Å². The number of nitrogens with one attached hydrogen (secondary N) is 1. The Morgan fingerprint density at radius 2 is 2.15 bits per heavy atom. The second-order valence-electron chi connectivity index (χ2n) is 5.48. The monoisotopic (exact) mass is 294 g/mol. The topological polar surface area (TPSA) is 61.3 Å². The SMILES string of the molecule is CCNc1nc(CN(C)C(C)(C)CO)nc2sccc12. The van der Waals surface area contributed by atoms with Crippen LogP contribution in [0.1, 0.15) is 26.6 Å². The van der Waals surface area contributed by atoms with Crippen molar-refractivity contribution in [1.29, 1.82) is 0 Å². The van der Waals surface area contributed by atoms with Gasteiger partial charge < -0.3 is 10.4 Å². The molecule has 0 spiro atoms. The molecule has 0 aliphatic heterocycles. The van der Waals surface area contributed by atoms with Gasteiger partial charge in [0, 0.05) is 12.1 Å². The normalized spacial score (nSPS) is 12.3. The van der Waals surface area contributed by atoms with Crippen molar-refractivity contribution in [1.82, 2.24) is 14.9 Å². The van der Waals surface area contributed by atoms with Crippen LogP contribution in [0.3, 0.4) is 0 Å². The van der Waals surface area contributed by atoms with Gasteiger partial charge in [-0.15, -0.1) is 11.3 Å². The van der Waals surface area contributed by atoms with E-state index in [1.54, 1.807) is 11.3 Å². The third-order valence-corrected chi connectivity index (χ3v) is 4.32. The van der Waals surface area contributed by atoms with E-state index in [-0.39, 0.29) is 12.1 Å². The molecule has 0 radical (unpaired) electrons. The van der Waals surface area contributed by atoms with Crippen molar-refractivity contribution >= 4 is 27.4 Å². The first kappa shape index (κ1) is 15.2. The number of thiophene rings is 1. The van der Waals surface area contributed by atoms with Crippen molar-refractivity contribution < 1.29 is 5.11 Å². The number of fused-ring (bicyclic) bond motifs is 1. The first-order valence-corrected chi connectivity index (χ1v) is 7.66. The first-order chi connectivity index (χ1) is 9.47. The van der Waals surface area contributed by atoms with E-state index >= 15 is 0 Å². The van der Waals surface area contributed by atoms with Gasteiger partial charge in [-0.2, -0.15) is 0 Å². The van der Waals surface area contributed by atoms with Crippen LogP contribution in [0.5, 0.6) is 0 Å². The highest BCUT2D eigenvalue weighted by Crippen LogP contribution is 2.25. The van der Waals surface area contributed by atoms with Crippen LogP contribution in [0.15, 0.2) is 11.4 Å². The van der Waals surface area contributed by atoms with Gasteiger partial charge in [-0.1, -0.05) is 0 Å². The van der Waals surface area contributed by atoms with E-state index in [2.05, 4.69) is 27.1 Å². The van der Waals surface area contributed by atoms with Crippen LogP contribution >= 0.6 is 11.3 Å². The van der Waals surface area contributed by atoms with Crippen LogP contribution in [-0.4, -0.2) is 45.7 Å². The highest BCUT2D eigenvalue weighted by Gasteiger charge is 2.23. The van der Waals surface area contributed by atoms with Crippen molar-refractivity contribution in [2.45, 2.75) is 32.9 Å². The molecule has 6 heteroatoms. The Morgan fingerprint density at radius 3 is 2.80 bits per heavy atom. The fourth-order valence-electron chi connectivity index (χ4n) is 1.82.